The normalized spacial score (nSPS) is 11.6. The number of amides is 1. The molecule has 0 radical (unpaired) electrons. The fraction of sp³-hybridized carbons (Fsp3) is 0.208. The van der Waals surface area contributed by atoms with Crippen molar-refractivity contribution in [1.82, 2.24) is 9.40 Å². The fourth-order valence-corrected chi connectivity index (χ4v) is 3.47. The van der Waals surface area contributed by atoms with Gasteiger partial charge in [-0.05, 0) is 23.8 Å². The molecule has 0 aliphatic rings. The number of ether oxygens (including phenoxy) is 3. The fourth-order valence-electron chi connectivity index (χ4n) is 3.25. The first-order valence-electron chi connectivity index (χ1n) is 10.3. The third-order valence-electron chi connectivity index (χ3n) is 5.08. The molecule has 8 nitrogen and oxygen atoms in total. The van der Waals surface area contributed by atoms with E-state index in [-0.39, 0.29) is 24.7 Å². The van der Waals surface area contributed by atoms with E-state index in [4.69, 9.17) is 37.1 Å². The maximum absolute atomic E-state index is 14.6. The maximum atomic E-state index is 14.6. The molecule has 3 aromatic rings. The molecule has 0 fully saturated rings. The van der Waals surface area contributed by atoms with Gasteiger partial charge in [-0.3, -0.25) is 15.2 Å². The average molecular weight is 505 g/mol. The van der Waals surface area contributed by atoms with Crippen LogP contribution in [-0.4, -0.2) is 35.4 Å². The predicted octanol–water partition coefficient (Wildman–Crippen LogP) is 4.10. The second-order valence-corrected chi connectivity index (χ2v) is 7.77. The van der Waals surface area contributed by atoms with Crippen molar-refractivity contribution in [2.24, 2.45) is 5.73 Å². The first kappa shape index (κ1) is 25.9. The molecule has 1 unspecified atom stereocenters. The minimum atomic E-state index is -1.64. The van der Waals surface area contributed by atoms with Crippen LogP contribution in [0.25, 0.3) is 0 Å². The Kier molecular flexibility index (Phi) is 8.56. The number of pyridine rings is 1. The Bertz CT molecular complexity index is 1190. The first-order chi connectivity index (χ1) is 16.7. The van der Waals surface area contributed by atoms with Crippen LogP contribution in [0, 0.1) is 17.0 Å². The molecule has 184 valence electrons. The number of nitrogens with one attached hydrogen (secondary N) is 1. The molecule has 1 heterocycles. The van der Waals surface area contributed by atoms with Crippen LogP contribution >= 0.6 is 11.8 Å². The number of carbonyl (C=O) groups excluding carboxylic acids is 1. The van der Waals surface area contributed by atoms with Crippen molar-refractivity contribution in [3.63, 3.8) is 0 Å². The number of benzene rings is 2. The molecular formula is C24H23ClF2N4O4. The van der Waals surface area contributed by atoms with E-state index in [0.29, 0.717) is 16.9 Å². The molecule has 1 atom stereocenters. The van der Waals surface area contributed by atoms with Crippen molar-refractivity contribution >= 4 is 23.5 Å². The Labute approximate surface area is 205 Å². The van der Waals surface area contributed by atoms with Gasteiger partial charge in [0.2, 0.25) is 0 Å². The number of nitrogens with two attached hydrogens (primary N) is 1. The molecule has 2 aromatic carbocycles. The van der Waals surface area contributed by atoms with E-state index >= 15 is 0 Å². The second kappa shape index (κ2) is 11.6. The van der Waals surface area contributed by atoms with Crippen molar-refractivity contribution in [3.05, 3.63) is 88.7 Å². The summed E-state index contributed by atoms with van der Waals surface area (Å²) in [6.07, 6.45) is 1.59. The summed E-state index contributed by atoms with van der Waals surface area (Å²) in [5.41, 5.74) is 6.71. The van der Waals surface area contributed by atoms with Gasteiger partial charge in [0.1, 0.15) is 35.6 Å². The lowest BCUT2D eigenvalue weighted by atomic mass is 10.1. The monoisotopic (exact) mass is 504 g/mol. The molecule has 1 aromatic heterocycles. The highest BCUT2D eigenvalue weighted by Gasteiger charge is 2.31. The zero-order chi connectivity index (χ0) is 25.5. The number of nitrogen functional groups attached to an aromatic ring is 1. The van der Waals surface area contributed by atoms with Gasteiger partial charge < -0.3 is 19.9 Å². The second-order valence-electron chi connectivity index (χ2n) is 7.36. The molecule has 0 spiro atoms. The van der Waals surface area contributed by atoms with Crippen molar-refractivity contribution in [1.29, 1.82) is 5.41 Å². The van der Waals surface area contributed by atoms with Crippen LogP contribution in [0.3, 0.4) is 0 Å². The Morgan fingerprint density at radius 3 is 2.37 bits per heavy atom. The lowest BCUT2D eigenvalue weighted by Crippen LogP contribution is -2.30. The number of aromatic nitrogens is 1. The van der Waals surface area contributed by atoms with Crippen molar-refractivity contribution in [2.75, 3.05) is 14.2 Å². The lowest BCUT2D eigenvalue weighted by molar-refractivity contribution is -0.138. The van der Waals surface area contributed by atoms with Gasteiger partial charge in [0.05, 0.1) is 19.2 Å². The smallest absolute Gasteiger partial charge is 0.271 e. The number of methoxy groups -OCH3 is 2. The SMILES string of the molecule is COc1cc(F)c(C(OC)C(=O)N(Cl)Cc2ccc(C(=N)N)cc2OCc2ccncc2)c(F)c1. The molecule has 0 bridgehead atoms. The molecule has 11 heteroatoms. The highest BCUT2D eigenvalue weighted by Crippen LogP contribution is 2.31. The number of hydrogen-bond donors (Lipinski definition) is 2. The molecule has 0 aliphatic heterocycles. The van der Waals surface area contributed by atoms with E-state index in [1.54, 1.807) is 42.7 Å². The Hall–Kier alpha value is -3.76. The summed E-state index contributed by atoms with van der Waals surface area (Å²) in [5.74, 6) is -2.82. The van der Waals surface area contributed by atoms with Crippen molar-refractivity contribution in [2.45, 2.75) is 19.3 Å². The van der Waals surface area contributed by atoms with E-state index in [2.05, 4.69) is 4.98 Å². The third-order valence-corrected chi connectivity index (χ3v) is 5.37. The highest BCUT2D eigenvalue weighted by molar-refractivity contribution is 6.21. The lowest BCUT2D eigenvalue weighted by Gasteiger charge is -2.23. The van der Waals surface area contributed by atoms with Crippen molar-refractivity contribution in [3.8, 4) is 11.5 Å². The van der Waals surface area contributed by atoms with Crippen LogP contribution in [0.1, 0.15) is 28.4 Å². The minimum absolute atomic E-state index is 0.0460. The van der Waals surface area contributed by atoms with E-state index in [1.165, 1.54) is 7.11 Å². The molecular weight excluding hydrogens is 482 g/mol. The Morgan fingerprint density at radius 1 is 1.14 bits per heavy atom. The number of amidine groups is 1. The Balaban J connectivity index is 1.85. The van der Waals surface area contributed by atoms with Gasteiger partial charge in [0.15, 0.2) is 6.10 Å². The zero-order valence-electron chi connectivity index (χ0n) is 18.9. The predicted molar refractivity (Wildman–Crippen MR) is 125 cm³/mol. The summed E-state index contributed by atoms with van der Waals surface area (Å²) < 4.78 is 45.7. The molecule has 0 saturated heterocycles. The van der Waals surface area contributed by atoms with Crippen LogP contribution in [0.4, 0.5) is 8.78 Å². The molecule has 35 heavy (non-hydrogen) atoms. The van der Waals surface area contributed by atoms with Crippen LogP contribution in [0.5, 0.6) is 11.5 Å². The zero-order valence-corrected chi connectivity index (χ0v) is 19.7. The Morgan fingerprint density at radius 2 is 1.80 bits per heavy atom. The summed E-state index contributed by atoms with van der Waals surface area (Å²) in [6.45, 7) is -0.0143. The maximum Gasteiger partial charge on any atom is 0.271 e. The van der Waals surface area contributed by atoms with Crippen molar-refractivity contribution < 1.29 is 27.8 Å². The summed E-state index contributed by atoms with van der Waals surface area (Å²) in [7, 11) is 2.40. The van der Waals surface area contributed by atoms with Gasteiger partial charge in [-0.1, -0.05) is 12.1 Å². The number of carbonyl (C=O) groups is 1. The number of halogens is 3. The summed E-state index contributed by atoms with van der Waals surface area (Å²) in [5, 5.41) is 7.68. The van der Waals surface area contributed by atoms with Crippen LogP contribution in [-0.2, 0) is 22.7 Å². The van der Waals surface area contributed by atoms with Gasteiger partial charge in [-0.15, -0.1) is 0 Å². The molecule has 3 rings (SSSR count). The summed E-state index contributed by atoms with van der Waals surface area (Å²) in [4.78, 5) is 17.0. The van der Waals surface area contributed by atoms with Gasteiger partial charge >= 0.3 is 0 Å². The van der Waals surface area contributed by atoms with Gasteiger partial charge in [0, 0.05) is 54.5 Å². The topological polar surface area (TPSA) is 111 Å². The van der Waals surface area contributed by atoms with E-state index in [0.717, 1.165) is 29.2 Å². The van der Waals surface area contributed by atoms with E-state index in [1.807, 2.05) is 0 Å². The quantitative estimate of drug-likeness (QED) is 0.244. The average Bonchev–Trinajstić information content (AvgIpc) is 2.85. The number of nitrogens with zero attached hydrogens (tertiary/aromatic N) is 2. The van der Waals surface area contributed by atoms with E-state index in [9.17, 15) is 13.6 Å². The van der Waals surface area contributed by atoms with Crippen LogP contribution in [0.2, 0.25) is 0 Å². The molecule has 0 aliphatic carbocycles. The van der Waals surface area contributed by atoms with Gasteiger partial charge in [-0.2, -0.15) is 0 Å². The molecule has 0 saturated carbocycles. The number of hydrogen-bond acceptors (Lipinski definition) is 6. The van der Waals surface area contributed by atoms with Gasteiger partial charge in [-0.25, -0.2) is 13.2 Å². The number of rotatable bonds is 10. The van der Waals surface area contributed by atoms with Crippen LogP contribution < -0.4 is 15.2 Å². The molecule has 1 amide bonds. The largest absolute Gasteiger partial charge is 0.497 e. The van der Waals surface area contributed by atoms with Crippen LogP contribution in [0.15, 0.2) is 54.9 Å². The molecule has 3 N–H and O–H groups in total. The standard InChI is InChI=1S/C24H23ClF2N4O4/c1-33-17-10-18(26)21(19(27)11-17)22(34-2)24(32)31(25)12-16-4-3-15(23(28)29)9-20(16)35-13-14-5-7-30-8-6-14/h3-11,22H,12-13H2,1-2H3,(H3,28,29). The first-order valence-corrected chi connectivity index (χ1v) is 10.6. The highest BCUT2D eigenvalue weighted by atomic mass is 35.5. The summed E-state index contributed by atoms with van der Waals surface area (Å²) >= 11 is 6.25. The summed E-state index contributed by atoms with van der Waals surface area (Å²) in [6, 6.07) is 10.1. The van der Waals surface area contributed by atoms with Gasteiger partial charge in [0.25, 0.3) is 5.91 Å². The third kappa shape index (κ3) is 6.23. The minimum Gasteiger partial charge on any atom is -0.497 e. The van der Waals surface area contributed by atoms with E-state index < -0.39 is 29.2 Å².